The standard InChI is InChI=1S/C11H20N2O4/c1-12(2)10(15)9-3-5-13(6-4-9)11(16)17-8-7-14/h9,14H,3-8H2,1-2H3. The van der Waals surface area contributed by atoms with Crippen molar-refractivity contribution in [3.8, 4) is 0 Å². The second-order valence-corrected chi connectivity index (χ2v) is 4.33. The molecule has 0 saturated carbocycles. The van der Waals surface area contributed by atoms with Crippen LogP contribution in [0.2, 0.25) is 0 Å². The van der Waals surface area contributed by atoms with Gasteiger partial charge in [0.25, 0.3) is 0 Å². The third-order valence-corrected chi connectivity index (χ3v) is 2.86. The van der Waals surface area contributed by atoms with Gasteiger partial charge in [0, 0.05) is 33.1 Å². The molecule has 1 saturated heterocycles. The van der Waals surface area contributed by atoms with Gasteiger partial charge in [-0.25, -0.2) is 4.79 Å². The summed E-state index contributed by atoms with van der Waals surface area (Å²) in [6, 6.07) is 0. The molecular formula is C11H20N2O4. The zero-order valence-corrected chi connectivity index (χ0v) is 10.4. The van der Waals surface area contributed by atoms with Gasteiger partial charge in [-0.1, -0.05) is 0 Å². The van der Waals surface area contributed by atoms with E-state index >= 15 is 0 Å². The van der Waals surface area contributed by atoms with Gasteiger partial charge >= 0.3 is 6.09 Å². The van der Waals surface area contributed by atoms with Crippen molar-refractivity contribution in [3.63, 3.8) is 0 Å². The number of ether oxygens (including phenoxy) is 1. The topological polar surface area (TPSA) is 70.1 Å². The molecule has 0 aromatic heterocycles. The fourth-order valence-electron chi connectivity index (χ4n) is 1.90. The Kier molecular flexibility index (Phi) is 5.21. The molecule has 1 rings (SSSR count). The minimum Gasteiger partial charge on any atom is -0.447 e. The second kappa shape index (κ2) is 6.44. The Morgan fingerprint density at radius 1 is 1.35 bits per heavy atom. The minimum absolute atomic E-state index is 0.00638. The van der Waals surface area contributed by atoms with Crippen LogP contribution in [-0.4, -0.2) is 67.3 Å². The van der Waals surface area contributed by atoms with E-state index in [1.54, 1.807) is 23.9 Å². The predicted octanol–water partition coefficient (Wildman–Crippen LogP) is -0.0845. The van der Waals surface area contributed by atoms with Crippen molar-refractivity contribution >= 4 is 12.0 Å². The maximum Gasteiger partial charge on any atom is 0.409 e. The number of rotatable bonds is 3. The smallest absolute Gasteiger partial charge is 0.409 e. The maximum atomic E-state index is 11.7. The van der Waals surface area contributed by atoms with Gasteiger partial charge in [0.05, 0.1) is 6.61 Å². The van der Waals surface area contributed by atoms with Crippen molar-refractivity contribution in [3.05, 3.63) is 0 Å². The highest BCUT2D eigenvalue weighted by molar-refractivity contribution is 5.78. The molecule has 0 aromatic carbocycles. The molecule has 6 heteroatoms. The molecular weight excluding hydrogens is 224 g/mol. The van der Waals surface area contributed by atoms with E-state index in [1.807, 2.05) is 0 Å². The largest absolute Gasteiger partial charge is 0.447 e. The van der Waals surface area contributed by atoms with Crippen LogP contribution >= 0.6 is 0 Å². The first kappa shape index (κ1) is 13.8. The van der Waals surface area contributed by atoms with Crippen LogP contribution in [0.3, 0.4) is 0 Å². The molecule has 0 aromatic rings. The summed E-state index contributed by atoms with van der Waals surface area (Å²) in [6.45, 7) is 0.930. The van der Waals surface area contributed by atoms with Gasteiger partial charge in [0.2, 0.25) is 5.91 Å². The molecule has 2 amide bonds. The molecule has 1 fully saturated rings. The fourth-order valence-corrected chi connectivity index (χ4v) is 1.90. The van der Waals surface area contributed by atoms with Crippen molar-refractivity contribution in [2.24, 2.45) is 5.92 Å². The number of aliphatic hydroxyl groups excluding tert-OH is 1. The molecule has 0 bridgehead atoms. The van der Waals surface area contributed by atoms with Crippen LogP contribution in [0.15, 0.2) is 0 Å². The van der Waals surface area contributed by atoms with Crippen molar-refractivity contribution in [1.29, 1.82) is 0 Å². The molecule has 1 N–H and O–H groups in total. The molecule has 1 aliphatic heterocycles. The highest BCUT2D eigenvalue weighted by Crippen LogP contribution is 2.19. The molecule has 17 heavy (non-hydrogen) atoms. The molecule has 6 nitrogen and oxygen atoms in total. The Morgan fingerprint density at radius 3 is 2.41 bits per heavy atom. The van der Waals surface area contributed by atoms with Gasteiger partial charge in [-0.3, -0.25) is 4.79 Å². The lowest BCUT2D eigenvalue weighted by molar-refractivity contribution is -0.134. The number of carbonyl (C=O) groups is 2. The third-order valence-electron chi connectivity index (χ3n) is 2.86. The van der Waals surface area contributed by atoms with Gasteiger partial charge in [-0.15, -0.1) is 0 Å². The quantitative estimate of drug-likeness (QED) is 0.753. The van der Waals surface area contributed by atoms with Crippen LogP contribution in [0, 0.1) is 5.92 Å². The first-order chi connectivity index (χ1) is 8.06. The SMILES string of the molecule is CN(C)C(=O)C1CCN(C(=O)OCCO)CC1. The normalized spacial score (nSPS) is 16.8. The molecule has 1 heterocycles. The van der Waals surface area contributed by atoms with E-state index in [0.29, 0.717) is 25.9 Å². The summed E-state index contributed by atoms with van der Waals surface area (Å²) in [7, 11) is 3.48. The number of aliphatic hydroxyl groups is 1. The number of piperidine rings is 1. The van der Waals surface area contributed by atoms with Crippen LogP contribution in [0.1, 0.15) is 12.8 Å². The Morgan fingerprint density at radius 2 is 1.94 bits per heavy atom. The Balaban J connectivity index is 2.35. The first-order valence-electron chi connectivity index (χ1n) is 5.80. The van der Waals surface area contributed by atoms with E-state index in [2.05, 4.69) is 0 Å². The van der Waals surface area contributed by atoms with Crippen LogP contribution in [0.25, 0.3) is 0 Å². The highest BCUT2D eigenvalue weighted by Gasteiger charge is 2.28. The monoisotopic (exact) mass is 244 g/mol. The zero-order valence-electron chi connectivity index (χ0n) is 10.4. The predicted molar refractivity (Wildman–Crippen MR) is 61.4 cm³/mol. The Bertz CT molecular complexity index is 273. The molecule has 0 aliphatic carbocycles. The molecule has 0 unspecified atom stereocenters. The molecule has 0 spiro atoms. The van der Waals surface area contributed by atoms with E-state index in [-0.39, 0.29) is 25.0 Å². The van der Waals surface area contributed by atoms with E-state index in [1.165, 1.54) is 0 Å². The molecule has 98 valence electrons. The number of carbonyl (C=O) groups excluding carboxylic acids is 2. The fraction of sp³-hybridized carbons (Fsp3) is 0.818. The first-order valence-corrected chi connectivity index (χ1v) is 5.80. The lowest BCUT2D eigenvalue weighted by Crippen LogP contribution is -2.43. The lowest BCUT2D eigenvalue weighted by atomic mass is 9.96. The number of likely N-dealkylation sites (tertiary alicyclic amines) is 1. The van der Waals surface area contributed by atoms with Crippen LogP contribution in [-0.2, 0) is 9.53 Å². The number of hydrogen-bond acceptors (Lipinski definition) is 4. The summed E-state index contributed by atoms with van der Waals surface area (Å²) in [5.74, 6) is 0.125. The summed E-state index contributed by atoms with van der Waals surface area (Å²) in [6.07, 6.45) is 0.936. The third kappa shape index (κ3) is 3.89. The summed E-state index contributed by atoms with van der Waals surface area (Å²) in [4.78, 5) is 26.3. The van der Waals surface area contributed by atoms with Crippen molar-refractivity contribution < 1.29 is 19.4 Å². The number of amides is 2. The van der Waals surface area contributed by atoms with Crippen molar-refractivity contribution in [1.82, 2.24) is 9.80 Å². The molecule has 0 atom stereocenters. The average Bonchev–Trinajstić information content (AvgIpc) is 2.35. The minimum atomic E-state index is -0.408. The van der Waals surface area contributed by atoms with Gasteiger partial charge in [0.15, 0.2) is 0 Å². The van der Waals surface area contributed by atoms with E-state index in [9.17, 15) is 9.59 Å². The second-order valence-electron chi connectivity index (χ2n) is 4.33. The van der Waals surface area contributed by atoms with Gasteiger partial charge in [0.1, 0.15) is 6.61 Å². The van der Waals surface area contributed by atoms with Crippen molar-refractivity contribution in [2.45, 2.75) is 12.8 Å². The number of nitrogens with zero attached hydrogens (tertiary/aromatic N) is 2. The molecule has 1 aliphatic rings. The van der Waals surface area contributed by atoms with Crippen LogP contribution in [0.4, 0.5) is 4.79 Å². The van der Waals surface area contributed by atoms with Gasteiger partial charge < -0.3 is 19.6 Å². The van der Waals surface area contributed by atoms with Gasteiger partial charge in [-0.2, -0.15) is 0 Å². The molecule has 0 radical (unpaired) electrons. The van der Waals surface area contributed by atoms with E-state index in [0.717, 1.165) is 0 Å². The maximum absolute atomic E-state index is 11.7. The van der Waals surface area contributed by atoms with Crippen LogP contribution < -0.4 is 0 Å². The highest BCUT2D eigenvalue weighted by atomic mass is 16.6. The number of hydrogen-bond donors (Lipinski definition) is 1. The Labute approximate surface area is 101 Å². The van der Waals surface area contributed by atoms with Crippen LogP contribution in [0.5, 0.6) is 0 Å². The summed E-state index contributed by atoms with van der Waals surface area (Å²) in [5, 5.41) is 8.54. The Hall–Kier alpha value is -1.30. The average molecular weight is 244 g/mol. The zero-order chi connectivity index (χ0) is 12.8. The lowest BCUT2D eigenvalue weighted by Gasteiger charge is -2.31. The van der Waals surface area contributed by atoms with E-state index in [4.69, 9.17) is 9.84 Å². The summed E-state index contributed by atoms with van der Waals surface area (Å²) < 4.78 is 4.82. The summed E-state index contributed by atoms with van der Waals surface area (Å²) >= 11 is 0. The van der Waals surface area contributed by atoms with Crippen molar-refractivity contribution in [2.75, 3.05) is 40.4 Å². The van der Waals surface area contributed by atoms with E-state index < -0.39 is 6.09 Å². The summed E-state index contributed by atoms with van der Waals surface area (Å²) in [5.41, 5.74) is 0. The van der Waals surface area contributed by atoms with Gasteiger partial charge in [-0.05, 0) is 12.8 Å².